The summed E-state index contributed by atoms with van der Waals surface area (Å²) >= 11 is 0. The van der Waals surface area contributed by atoms with Crippen molar-refractivity contribution in [3.05, 3.63) is 66.6 Å². The van der Waals surface area contributed by atoms with Gasteiger partial charge in [-0.3, -0.25) is 14.0 Å². The van der Waals surface area contributed by atoms with E-state index in [0.29, 0.717) is 40.9 Å². The topological polar surface area (TPSA) is 131 Å². The molecule has 1 saturated carbocycles. The summed E-state index contributed by atoms with van der Waals surface area (Å²) in [5.41, 5.74) is 9.03. The summed E-state index contributed by atoms with van der Waals surface area (Å²) in [6, 6.07) is 12.6. The van der Waals surface area contributed by atoms with Gasteiger partial charge in [0.1, 0.15) is 22.8 Å². The van der Waals surface area contributed by atoms with Crippen molar-refractivity contribution >= 4 is 34.9 Å². The lowest BCUT2D eigenvalue weighted by atomic mass is 9.97. The Hall–Kier alpha value is -4.47. The first-order valence-corrected chi connectivity index (χ1v) is 13.0. The molecule has 194 valence electrons. The van der Waals surface area contributed by atoms with Crippen molar-refractivity contribution in [3.8, 4) is 11.3 Å². The first kappa shape index (κ1) is 23.9. The number of pyridine rings is 1. The Morgan fingerprint density at radius 3 is 2.63 bits per heavy atom. The average Bonchev–Trinajstić information content (AvgIpc) is 3.70. The van der Waals surface area contributed by atoms with E-state index in [4.69, 9.17) is 10.7 Å². The van der Waals surface area contributed by atoms with Crippen LogP contribution >= 0.6 is 0 Å². The minimum Gasteiger partial charge on any atom is -0.382 e. The number of nitrogens with zero attached hydrogens (tertiary/aromatic N) is 5. The van der Waals surface area contributed by atoms with Crippen molar-refractivity contribution in [2.45, 2.75) is 25.7 Å². The third-order valence-electron chi connectivity index (χ3n) is 7.23. The summed E-state index contributed by atoms with van der Waals surface area (Å²) in [6.07, 6.45) is 9.34. The van der Waals surface area contributed by atoms with E-state index in [9.17, 15) is 9.59 Å². The van der Waals surface area contributed by atoms with E-state index in [1.54, 1.807) is 36.7 Å². The summed E-state index contributed by atoms with van der Waals surface area (Å²) in [5.74, 6) is 2.06. The van der Waals surface area contributed by atoms with Crippen LogP contribution in [0.25, 0.3) is 16.8 Å². The molecule has 1 unspecified atom stereocenters. The smallest absolute Gasteiger partial charge is 0.256 e. The first-order chi connectivity index (χ1) is 18.6. The van der Waals surface area contributed by atoms with Crippen LogP contribution in [0.3, 0.4) is 0 Å². The number of piperidine rings is 1. The van der Waals surface area contributed by atoms with Crippen LogP contribution in [0.15, 0.2) is 61.1 Å². The second kappa shape index (κ2) is 10.1. The summed E-state index contributed by atoms with van der Waals surface area (Å²) in [5, 5.41) is 5.93. The van der Waals surface area contributed by atoms with E-state index in [2.05, 4.69) is 25.5 Å². The molecular weight excluding hydrogens is 480 g/mol. The van der Waals surface area contributed by atoms with E-state index >= 15 is 0 Å². The number of nitrogens with two attached hydrogens (primary N) is 1. The van der Waals surface area contributed by atoms with Crippen molar-refractivity contribution in [1.82, 2.24) is 24.7 Å². The molecule has 2 aliphatic rings. The number of amides is 2. The van der Waals surface area contributed by atoms with Crippen molar-refractivity contribution in [1.29, 1.82) is 0 Å². The monoisotopic (exact) mass is 510 g/mol. The summed E-state index contributed by atoms with van der Waals surface area (Å²) in [7, 11) is 0. The Bertz CT molecular complexity index is 1460. The highest BCUT2D eigenvalue weighted by Crippen LogP contribution is 2.33. The number of hydrogen-bond donors (Lipinski definition) is 3. The second-order valence-corrected chi connectivity index (χ2v) is 10.0. The zero-order valence-electron chi connectivity index (χ0n) is 21.0. The molecule has 10 heteroatoms. The number of nitrogen functional groups attached to an aromatic ring is 1. The fraction of sp³-hybridized carbons (Fsp3) is 0.321. The van der Waals surface area contributed by atoms with Gasteiger partial charge in [0.2, 0.25) is 11.9 Å². The van der Waals surface area contributed by atoms with Gasteiger partial charge in [-0.15, -0.1) is 0 Å². The molecule has 1 aliphatic carbocycles. The van der Waals surface area contributed by atoms with Crippen LogP contribution < -0.4 is 21.3 Å². The number of imidazole rings is 1. The molecule has 2 fully saturated rings. The molecule has 0 radical (unpaired) electrons. The van der Waals surface area contributed by atoms with E-state index in [0.717, 1.165) is 37.4 Å². The minimum absolute atomic E-state index is 0.0746. The van der Waals surface area contributed by atoms with Gasteiger partial charge in [-0.05, 0) is 55.9 Å². The fourth-order valence-corrected chi connectivity index (χ4v) is 4.96. The predicted octanol–water partition coefficient (Wildman–Crippen LogP) is 3.37. The molecule has 4 aromatic rings. The van der Waals surface area contributed by atoms with Gasteiger partial charge in [-0.1, -0.05) is 18.2 Å². The summed E-state index contributed by atoms with van der Waals surface area (Å²) in [6.45, 7) is 2.19. The van der Waals surface area contributed by atoms with Crippen LogP contribution in [0.1, 0.15) is 36.0 Å². The molecule has 38 heavy (non-hydrogen) atoms. The number of aromatic nitrogens is 4. The number of fused-ring (bicyclic) bond motifs is 1. The Labute approximate surface area is 220 Å². The number of benzene rings is 1. The maximum atomic E-state index is 12.8. The van der Waals surface area contributed by atoms with Gasteiger partial charge in [0.15, 0.2) is 0 Å². The molecule has 1 saturated heterocycles. The van der Waals surface area contributed by atoms with Crippen LogP contribution in [0, 0.1) is 11.8 Å². The largest absolute Gasteiger partial charge is 0.382 e. The molecular formula is C28H30N8O2. The van der Waals surface area contributed by atoms with Crippen LogP contribution in [0.5, 0.6) is 0 Å². The summed E-state index contributed by atoms with van der Waals surface area (Å²) in [4.78, 5) is 41.1. The standard InChI is InChI=1S/C28H30N8O2/c29-25-24-23(19-8-10-20(11-9-19)27(38)33-22-5-1-2-12-30-22)34-28(36(24)15-13-31-25)35-14-3-4-21(17-35)26(37)32-16-18-6-7-18/h1-2,5,8-13,15,18,21H,3-4,6-7,14,16-17H2,(H2,29,31)(H,32,37)(H,30,33,38). The Morgan fingerprint density at radius 1 is 1.03 bits per heavy atom. The first-order valence-electron chi connectivity index (χ1n) is 13.0. The SMILES string of the molecule is Nc1nccn2c(N3CCCC(C(=O)NCC4CC4)C3)nc(-c3ccc(C(=O)Nc4ccccn4)cc3)c12. The highest BCUT2D eigenvalue weighted by Gasteiger charge is 2.30. The van der Waals surface area contributed by atoms with E-state index in [1.807, 2.05) is 28.8 Å². The maximum Gasteiger partial charge on any atom is 0.256 e. The van der Waals surface area contributed by atoms with Gasteiger partial charge in [-0.2, -0.15) is 0 Å². The molecule has 0 spiro atoms. The number of rotatable bonds is 7. The van der Waals surface area contributed by atoms with Gasteiger partial charge >= 0.3 is 0 Å². The Morgan fingerprint density at radius 2 is 1.87 bits per heavy atom. The molecule has 3 aromatic heterocycles. The molecule has 1 aromatic carbocycles. The van der Waals surface area contributed by atoms with Gasteiger partial charge in [0.05, 0.1) is 5.92 Å². The molecule has 6 rings (SSSR count). The van der Waals surface area contributed by atoms with Crippen LogP contribution in [-0.4, -0.2) is 50.8 Å². The second-order valence-electron chi connectivity index (χ2n) is 10.0. The van der Waals surface area contributed by atoms with E-state index in [-0.39, 0.29) is 17.7 Å². The Balaban J connectivity index is 1.26. The maximum absolute atomic E-state index is 12.8. The predicted molar refractivity (Wildman–Crippen MR) is 146 cm³/mol. The Kier molecular flexibility index (Phi) is 6.36. The summed E-state index contributed by atoms with van der Waals surface area (Å²) < 4.78 is 1.95. The molecule has 2 amide bonds. The van der Waals surface area contributed by atoms with Crippen molar-refractivity contribution in [2.24, 2.45) is 11.8 Å². The highest BCUT2D eigenvalue weighted by molar-refractivity contribution is 6.04. The van der Waals surface area contributed by atoms with Gasteiger partial charge < -0.3 is 21.3 Å². The van der Waals surface area contributed by atoms with Crippen LogP contribution in [-0.2, 0) is 4.79 Å². The van der Waals surface area contributed by atoms with E-state index in [1.165, 1.54) is 12.8 Å². The lowest BCUT2D eigenvalue weighted by molar-refractivity contribution is -0.125. The van der Waals surface area contributed by atoms with Gasteiger partial charge in [0, 0.05) is 49.4 Å². The molecule has 1 atom stereocenters. The van der Waals surface area contributed by atoms with Gasteiger partial charge in [-0.25, -0.2) is 15.0 Å². The fourth-order valence-electron chi connectivity index (χ4n) is 4.96. The number of nitrogens with one attached hydrogen (secondary N) is 2. The number of hydrogen-bond acceptors (Lipinski definition) is 7. The van der Waals surface area contributed by atoms with E-state index < -0.39 is 0 Å². The van der Waals surface area contributed by atoms with Crippen LogP contribution in [0.2, 0.25) is 0 Å². The van der Waals surface area contributed by atoms with Crippen molar-refractivity contribution < 1.29 is 9.59 Å². The lowest BCUT2D eigenvalue weighted by Crippen LogP contribution is -2.44. The molecule has 10 nitrogen and oxygen atoms in total. The van der Waals surface area contributed by atoms with Crippen LogP contribution in [0.4, 0.5) is 17.6 Å². The molecule has 4 heterocycles. The quantitative estimate of drug-likeness (QED) is 0.347. The molecule has 0 bridgehead atoms. The highest BCUT2D eigenvalue weighted by atomic mass is 16.2. The average molecular weight is 511 g/mol. The zero-order valence-corrected chi connectivity index (χ0v) is 21.0. The molecule has 1 aliphatic heterocycles. The third-order valence-corrected chi connectivity index (χ3v) is 7.23. The third kappa shape index (κ3) is 4.89. The molecule has 4 N–H and O–H groups in total. The number of carbonyl (C=O) groups is 2. The van der Waals surface area contributed by atoms with Crippen molar-refractivity contribution in [3.63, 3.8) is 0 Å². The lowest BCUT2D eigenvalue weighted by Gasteiger charge is -2.32. The number of anilines is 3. The number of carbonyl (C=O) groups excluding carboxylic acids is 2. The minimum atomic E-state index is -0.244. The van der Waals surface area contributed by atoms with Crippen molar-refractivity contribution in [2.75, 3.05) is 35.6 Å². The van der Waals surface area contributed by atoms with Gasteiger partial charge in [0.25, 0.3) is 5.91 Å². The zero-order chi connectivity index (χ0) is 26.1. The normalized spacial score (nSPS) is 17.4.